The topological polar surface area (TPSA) is 390 Å². The third-order valence-corrected chi connectivity index (χ3v) is 8.21. The lowest BCUT2D eigenvalue weighted by atomic mass is 9.94. The van der Waals surface area contributed by atoms with Gasteiger partial charge in [-0.3, -0.25) is 18.7 Å². The molecule has 0 radical (unpaired) electrons. The number of carbonyl (C=O) groups excluding carboxylic acids is 2. The zero-order valence-electron chi connectivity index (χ0n) is 25.1. The van der Waals surface area contributed by atoms with E-state index in [4.69, 9.17) is 28.2 Å². The Morgan fingerprint density at radius 3 is 1.63 bits per heavy atom. The van der Waals surface area contributed by atoms with E-state index in [1.165, 1.54) is 0 Å². The smallest absolute Gasteiger partial charge is 0.397 e. The lowest BCUT2D eigenvalue weighted by molar-refractivity contribution is -0.357. The Kier molecular flexibility index (Phi) is 13.7. The second-order valence-electron chi connectivity index (χ2n) is 10.8. The fraction of sp³-hybridized carbons (Fsp3) is 0.864. The molecule has 27 heteroatoms. The van der Waals surface area contributed by atoms with Crippen LogP contribution in [0.5, 0.6) is 0 Å². The van der Waals surface area contributed by atoms with Gasteiger partial charge in [-0.15, -0.1) is 0 Å². The van der Waals surface area contributed by atoms with E-state index in [2.05, 4.69) is 19.0 Å². The summed E-state index contributed by atoms with van der Waals surface area (Å²) in [7, 11) is -10.7. The summed E-state index contributed by atoms with van der Waals surface area (Å²) in [5.74, 6) is -3.73. The van der Waals surface area contributed by atoms with Gasteiger partial charge in [0.15, 0.2) is 25.0 Å². The highest BCUT2D eigenvalue weighted by Gasteiger charge is 2.57. The van der Waals surface area contributed by atoms with Crippen LogP contribution in [0, 0.1) is 0 Å². The van der Waals surface area contributed by atoms with Gasteiger partial charge >= 0.3 is 26.8 Å². The van der Waals surface area contributed by atoms with Gasteiger partial charge in [0.2, 0.25) is 11.8 Å². The van der Waals surface area contributed by atoms with Crippen molar-refractivity contribution in [2.24, 2.45) is 0 Å². The zero-order valence-corrected chi connectivity index (χ0v) is 26.8. The molecule has 0 bridgehead atoms. The average Bonchev–Trinajstić information content (AvgIpc) is 2.96. The molecule has 1 unspecified atom stereocenters. The van der Waals surface area contributed by atoms with Gasteiger partial charge in [0.1, 0.15) is 67.0 Å². The van der Waals surface area contributed by atoms with E-state index in [1.807, 2.05) is 0 Å². The van der Waals surface area contributed by atoms with Crippen LogP contribution < -0.4 is 10.6 Å². The van der Waals surface area contributed by atoms with Crippen molar-refractivity contribution in [2.45, 2.75) is 106 Å². The molecule has 25 nitrogen and oxygen atoms in total. The minimum Gasteiger partial charge on any atom is -0.479 e. The van der Waals surface area contributed by atoms with Gasteiger partial charge in [0.25, 0.3) is 0 Å². The first kappa shape index (κ1) is 41.1. The van der Waals surface area contributed by atoms with Crippen molar-refractivity contribution in [1.82, 2.24) is 10.6 Å². The summed E-state index contributed by atoms with van der Waals surface area (Å²) < 4.78 is 99.9. The molecule has 0 aliphatic carbocycles. The number of carboxylic acids is 1. The molecular weight excluding hydrogens is 724 g/mol. The van der Waals surface area contributed by atoms with Crippen LogP contribution in [0.3, 0.4) is 0 Å². The van der Waals surface area contributed by atoms with Gasteiger partial charge in [-0.05, 0) is 0 Å². The first-order valence-corrected chi connectivity index (χ1v) is 16.6. The van der Waals surface area contributed by atoms with Crippen LogP contribution in [0.1, 0.15) is 13.8 Å². The number of carboxylic acid groups (broad SMARTS) is 1. The molecule has 3 fully saturated rings. The standard InChI is InChI=1S/C22H36N2O23S2/c1-5(27)23-9-11(29)14(46-48(35,36)37)7(3-25)42-21(9)44-17-12(30)13(31)22(45-18(17)19(32)33)43-16-10(24-6(2)28)20(34)41-8(4-26)15(16)47-49(38,39)40/h7-18,20-22,25-26,29-31,34H,3-4H2,1-2H3,(H,23,27)(H,24,28)(H,32,33)(H,35,36,37)(H,38,39,40)/t7-,8-,9-,10-,11-,12-,13-,14+,15+,16-,17+,18+,20?,21+,22-/m1/s1. The number of aliphatic carboxylic acids is 1. The van der Waals surface area contributed by atoms with Gasteiger partial charge < -0.3 is 70.1 Å². The van der Waals surface area contributed by atoms with Gasteiger partial charge in [0.05, 0.1) is 13.2 Å². The van der Waals surface area contributed by atoms with E-state index in [0.29, 0.717) is 0 Å². The highest BCUT2D eigenvalue weighted by Crippen LogP contribution is 2.34. The minimum atomic E-state index is -5.39. The summed E-state index contributed by atoms with van der Waals surface area (Å²) in [4.78, 5) is 36.0. The highest BCUT2D eigenvalue weighted by atomic mass is 32.3. The SMILES string of the molecule is CC(=O)N[C@H]1[C@H](O[C@H]2[C@H](O)[C@@H](O)[C@H](O[C@H]3[C@@H](OS(=O)(=O)O)[C@@H](CO)OC(O)[C@@H]3NC(C)=O)O[C@@H]2C(=O)O)O[C@H](CO)[C@H](OS(=O)(=O)O)[C@@H]1O. The molecule has 3 heterocycles. The minimum absolute atomic E-state index is 0.884. The Morgan fingerprint density at radius 1 is 0.653 bits per heavy atom. The fourth-order valence-electron chi connectivity index (χ4n) is 5.31. The number of amides is 2. The maximum absolute atomic E-state index is 12.3. The Labute approximate surface area is 276 Å². The van der Waals surface area contributed by atoms with E-state index in [0.717, 1.165) is 13.8 Å². The number of aliphatic hydroxyl groups excluding tert-OH is 6. The summed E-state index contributed by atoms with van der Waals surface area (Å²) in [6, 6.07) is -3.68. The zero-order chi connectivity index (χ0) is 37.2. The molecular formula is C22H36N2O23S2. The molecule has 284 valence electrons. The van der Waals surface area contributed by atoms with Crippen molar-refractivity contribution < 1.29 is 108 Å². The van der Waals surface area contributed by atoms with Crippen LogP contribution in [-0.2, 0) is 67.2 Å². The Bertz CT molecular complexity index is 1400. The third kappa shape index (κ3) is 10.4. The van der Waals surface area contributed by atoms with Gasteiger partial charge in [-0.25, -0.2) is 13.2 Å². The fourth-order valence-corrected chi connectivity index (χ4v) is 6.35. The molecule has 3 aliphatic heterocycles. The lowest BCUT2D eigenvalue weighted by Crippen LogP contribution is -2.70. The summed E-state index contributed by atoms with van der Waals surface area (Å²) in [6.45, 7) is -0.354. The van der Waals surface area contributed by atoms with E-state index in [-0.39, 0.29) is 0 Å². The number of rotatable bonds is 13. The maximum atomic E-state index is 12.3. The number of nitrogens with one attached hydrogen (secondary N) is 2. The van der Waals surface area contributed by atoms with Gasteiger partial charge in [-0.2, -0.15) is 16.8 Å². The predicted octanol–water partition coefficient (Wildman–Crippen LogP) is -7.54. The summed E-state index contributed by atoms with van der Waals surface area (Å²) in [5, 5.41) is 76.8. The molecule has 3 rings (SSSR count). The Morgan fingerprint density at radius 2 is 1.14 bits per heavy atom. The maximum Gasteiger partial charge on any atom is 0.397 e. The van der Waals surface area contributed by atoms with Crippen molar-refractivity contribution in [3.05, 3.63) is 0 Å². The number of carbonyl (C=O) groups is 3. The van der Waals surface area contributed by atoms with E-state index in [1.54, 1.807) is 0 Å². The molecule has 0 aromatic heterocycles. The van der Waals surface area contributed by atoms with Crippen LogP contribution in [-0.4, -0.2) is 185 Å². The number of ether oxygens (including phenoxy) is 5. The van der Waals surface area contributed by atoms with Crippen LogP contribution in [0.15, 0.2) is 0 Å². The van der Waals surface area contributed by atoms with Crippen molar-refractivity contribution in [2.75, 3.05) is 13.2 Å². The third-order valence-electron chi connectivity index (χ3n) is 7.27. The van der Waals surface area contributed by atoms with Gasteiger partial charge in [0, 0.05) is 13.8 Å². The highest BCUT2D eigenvalue weighted by molar-refractivity contribution is 7.81. The van der Waals surface area contributed by atoms with Crippen LogP contribution in [0.2, 0.25) is 0 Å². The normalized spacial score (nSPS) is 40.3. The molecule has 0 aromatic rings. The Hall–Kier alpha value is -2.29. The number of hydrogen-bond donors (Lipinski definition) is 11. The van der Waals surface area contributed by atoms with Crippen LogP contribution in [0.4, 0.5) is 0 Å². The molecule has 11 N–H and O–H groups in total. The quantitative estimate of drug-likeness (QED) is 0.0776. The van der Waals surface area contributed by atoms with Crippen molar-refractivity contribution >= 4 is 38.6 Å². The Balaban J connectivity index is 1.96. The van der Waals surface area contributed by atoms with E-state index < -0.39 is 144 Å². The monoisotopic (exact) mass is 760 g/mol. The molecule has 0 aromatic carbocycles. The van der Waals surface area contributed by atoms with Crippen LogP contribution >= 0.6 is 0 Å². The predicted molar refractivity (Wildman–Crippen MR) is 146 cm³/mol. The first-order valence-electron chi connectivity index (χ1n) is 13.9. The van der Waals surface area contributed by atoms with E-state index in [9.17, 15) is 71.5 Å². The number of hydrogen-bond acceptors (Lipinski definition) is 20. The molecule has 0 spiro atoms. The summed E-state index contributed by atoms with van der Waals surface area (Å²) in [6.07, 6.45) is -27.9. The van der Waals surface area contributed by atoms with Crippen molar-refractivity contribution in [1.29, 1.82) is 0 Å². The lowest BCUT2D eigenvalue weighted by Gasteiger charge is -2.48. The molecule has 2 amide bonds. The molecule has 3 saturated heterocycles. The second-order valence-corrected chi connectivity index (χ2v) is 12.9. The number of aliphatic hydroxyl groups is 6. The molecule has 49 heavy (non-hydrogen) atoms. The van der Waals surface area contributed by atoms with E-state index >= 15 is 0 Å². The van der Waals surface area contributed by atoms with Gasteiger partial charge in [-0.1, -0.05) is 0 Å². The second kappa shape index (κ2) is 16.4. The first-order chi connectivity index (χ1) is 22.6. The summed E-state index contributed by atoms with van der Waals surface area (Å²) >= 11 is 0. The largest absolute Gasteiger partial charge is 0.479 e. The van der Waals surface area contributed by atoms with Crippen molar-refractivity contribution in [3.8, 4) is 0 Å². The summed E-state index contributed by atoms with van der Waals surface area (Å²) in [5.41, 5.74) is 0. The average molecular weight is 761 g/mol. The van der Waals surface area contributed by atoms with Crippen molar-refractivity contribution in [3.63, 3.8) is 0 Å². The molecule has 15 atom stereocenters. The molecule has 3 aliphatic rings. The molecule has 0 saturated carbocycles. The van der Waals surface area contributed by atoms with Crippen LogP contribution in [0.25, 0.3) is 0 Å².